The average molecular weight is 169 g/mol. The van der Waals surface area contributed by atoms with Crippen molar-refractivity contribution in [1.82, 2.24) is 4.90 Å². The summed E-state index contributed by atoms with van der Waals surface area (Å²) >= 11 is 0. The molecule has 0 saturated heterocycles. The van der Waals surface area contributed by atoms with E-state index in [0.29, 0.717) is 19.6 Å². The first kappa shape index (κ1) is 9.26. The van der Waals surface area contributed by atoms with Gasteiger partial charge in [-0.15, -0.1) is 0 Å². The molecule has 0 radical (unpaired) electrons. The van der Waals surface area contributed by atoms with Crippen LogP contribution < -0.4 is 0 Å². The number of carbonyl (C=O) groups is 1. The molecule has 0 unspecified atom stereocenters. The van der Waals surface area contributed by atoms with Crippen LogP contribution in [0, 0.1) is 5.92 Å². The molecule has 0 N–H and O–H groups in total. The lowest BCUT2D eigenvalue weighted by Gasteiger charge is -2.18. The van der Waals surface area contributed by atoms with Gasteiger partial charge in [0.15, 0.2) is 0 Å². The summed E-state index contributed by atoms with van der Waals surface area (Å²) in [6, 6.07) is 0. The molecule has 1 aliphatic heterocycles. The first-order valence-corrected chi connectivity index (χ1v) is 4.14. The van der Waals surface area contributed by atoms with E-state index in [1.54, 1.807) is 19.0 Å². The van der Waals surface area contributed by atoms with Gasteiger partial charge in [-0.2, -0.15) is 0 Å². The standard InChI is InChI=1S/C9H15NO2/c1-10(2)9(11)6-8-4-3-5-12-7-8/h3-4,8H,5-7H2,1-2H3/t8-/m0/s1. The van der Waals surface area contributed by atoms with E-state index in [4.69, 9.17) is 4.74 Å². The summed E-state index contributed by atoms with van der Waals surface area (Å²) in [5, 5.41) is 0. The molecule has 0 bridgehead atoms. The maximum atomic E-state index is 11.2. The van der Waals surface area contributed by atoms with Crippen LogP contribution in [-0.4, -0.2) is 38.1 Å². The van der Waals surface area contributed by atoms with Gasteiger partial charge in [-0.25, -0.2) is 0 Å². The molecule has 0 aromatic rings. The van der Waals surface area contributed by atoms with Gasteiger partial charge in [-0.05, 0) is 0 Å². The fraction of sp³-hybridized carbons (Fsp3) is 0.667. The smallest absolute Gasteiger partial charge is 0.222 e. The highest BCUT2D eigenvalue weighted by molar-refractivity contribution is 5.76. The quantitative estimate of drug-likeness (QED) is 0.568. The lowest BCUT2D eigenvalue weighted by atomic mass is 10.0. The molecule has 0 spiro atoms. The van der Waals surface area contributed by atoms with Crippen molar-refractivity contribution in [3.63, 3.8) is 0 Å². The Morgan fingerprint density at radius 1 is 1.67 bits per heavy atom. The van der Waals surface area contributed by atoms with Crippen molar-refractivity contribution in [3.8, 4) is 0 Å². The van der Waals surface area contributed by atoms with E-state index < -0.39 is 0 Å². The summed E-state index contributed by atoms with van der Waals surface area (Å²) in [6.07, 6.45) is 4.59. The van der Waals surface area contributed by atoms with Gasteiger partial charge < -0.3 is 9.64 Å². The zero-order chi connectivity index (χ0) is 8.97. The minimum Gasteiger partial charge on any atom is -0.377 e. The molecular weight excluding hydrogens is 154 g/mol. The third-order valence-corrected chi connectivity index (χ3v) is 1.89. The first-order chi connectivity index (χ1) is 5.70. The SMILES string of the molecule is CN(C)C(=O)C[C@@H]1C=CCOC1. The van der Waals surface area contributed by atoms with Crippen LogP contribution in [0.5, 0.6) is 0 Å². The van der Waals surface area contributed by atoms with E-state index in [1.165, 1.54) is 0 Å². The van der Waals surface area contributed by atoms with Crippen LogP contribution in [0.15, 0.2) is 12.2 Å². The van der Waals surface area contributed by atoms with Crippen molar-refractivity contribution < 1.29 is 9.53 Å². The minimum atomic E-state index is 0.162. The summed E-state index contributed by atoms with van der Waals surface area (Å²) in [5.74, 6) is 0.434. The van der Waals surface area contributed by atoms with Gasteiger partial charge in [0.25, 0.3) is 0 Å². The second kappa shape index (κ2) is 4.26. The van der Waals surface area contributed by atoms with Gasteiger partial charge in [0, 0.05) is 26.4 Å². The maximum absolute atomic E-state index is 11.2. The molecule has 0 aromatic carbocycles. The predicted molar refractivity (Wildman–Crippen MR) is 46.8 cm³/mol. The number of carbonyl (C=O) groups excluding carboxylic acids is 1. The Hall–Kier alpha value is -0.830. The summed E-state index contributed by atoms with van der Waals surface area (Å²) < 4.78 is 5.21. The third kappa shape index (κ3) is 2.66. The van der Waals surface area contributed by atoms with Crippen molar-refractivity contribution in [2.45, 2.75) is 6.42 Å². The van der Waals surface area contributed by atoms with Gasteiger partial charge >= 0.3 is 0 Å². The monoisotopic (exact) mass is 169 g/mol. The summed E-state index contributed by atoms with van der Waals surface area (Å²) in [4.78, 5) is 12.9. The van der Waals surface area contributed by atoms with Crippen LogP contribution in [0.1, 0.15) is 6.42 Å². The molecule has 0 saturated carbocycles. The number of amides is 1. The largest absolute Gasteiger partial charge is 0.377 e. The molecule has 0 fully saturated rings. The molecule has 3 heteroatoms. The van der Waals surface area contributed by atoms with Gasteiger partial charge in [0.2, 0.25) is 5.91 Å². The van der Waals surface area contributed by atoms with E-state index in [9.17, 15) is 4.79 Å². The highest BCUT2D eigenvalue weighted by atomic mass is 16.5. The fourth-order valence-corrected chi connectivity index (χ4v) is 1.12. The molecular formula is C9H15NO2. The van der Waals surface area contributed by atoms with Gasteiger partial charge in [-0.3, -0.25) is 4.79 Å². The van der Waals surface area contributed by atoms with Crippen molar-refractivity contribution in [2.24, 2.45) is 5.92 Å². The number of hydrogen-bond acceptors (Lipinski definition) is 2. The topological polar surface area (TPSA) is 29.5 Å². The Morgan fingerprint density at radius 3 is 2.92 bits per heavy atom. The Morgan fingerprint density at radius 2 is 2.42 bits per heavy atom. The van der Waals surface area contributed by atoms with Crippen molar-refractivity contribution in [3.05, 3.63) is 12.2 Å². The van der Waals surface area contributed by atoms with Crippen LogP contribution in [0.4, 0.5) is 0 Å². The second-order valence-electron chi connectivity index (χ2n) is 3.22. The molecule has 0 aromatic heterocycles. The van der Waals surface area contributed by atoms with E-state index in [2.05, 4.69) is 6.08 Å². The highest BCUT2D eigenvalue weighted by Gasteiger charge is 2.14. The fourth-order valence-electron chi connectivity index (χ4n) is 1.12. The number of hydrogen-bond donors (Lipinski definition) is 0. The number of rotatable bonds is 2. The van der Waals surface area contributed by atoms with Crippen LogP contribution in [-0.2, 0) is 9.53 Å². The molecule has 1 atom stereocenters. The van der Waals surface area contributed by atoms with Crippen LogP contribution in [0.3, 0.4) is 0 Å². The predicted octanol–water partition coefficient (Wildman–Crippen LogP) is 0.667. The molecule has 12 heavy (non-hydrogen) atoms. The third-order valence-electron chi connectivity index (χ3n) is 1.89. The molecule has 0 aliphatic carbocycles. The van der Waals surface area contributed by atoms with Crippen molar-refractivity contribution in [1.29, 1.82) is 0 Å². The van der Waals surface area contributed by atoms with Crippen molar-refractivity contribution >= 4 is 5.91 Å². The number of ether oxygens (including phenoxy) is 1. The van der Waals surface area contributed by atoms with Gasteiger partial charge in [0.1, 0.15) is 0 Å². The second-order valence-corrected chi connectivity index (χ2v) is 3.22. The molecule has 1 aliphatic rings. The van der Waals surface area contributed by atoms with Gasteiger partial charge in [0.05, 0.1) is 13.2 Å². The van der Waals surface area contributed by atoms with E-state index in [0.717, 1.165) is 0 Å². The first-order valence-electron chi connectivity index (χ1n) is 4.14. The molecule has 1 heterocycles. The minimum absolute atomic E-state index is 0.162. The summed E-state index contributed by atoms with van der Waals surface area (Å²) in [6.45, 7) is 1.36. The van der Waals surface area contributed by atoms with Crippen molar-refractivity contribution in [2.75, 3.05) is 27.3 Å². The normalized spacial score (nSPS) is 22.3. The Kier molecular flexibility index (Phi) is 3.29. The zero-order valence-corrected chi connectivity index (χ0v) is 7.62. The maximum Gasteiger partial charge on any atom is 0.222 e. The Labute approximate surface area is 73.0 Å². The molecule has 1 rings (SSSR count). The highest BCUT2D eigenvalue weighted by Crippen LogP contribution is 2.11. The lowest BCUT2D eigenvalue weighted by Crippen LogP contribution is -2.26. The van der Waals surface area contributed by atoms with E-state index >= 15 is 0 Å². The van der Waals surface area contributed by atoms with Crippen LogP contribution in [0.25, 0.3) is 0 Å². The average Bonchev–Trinajstić information content (AvgIpc) is 2.06. The van der Waals surface area contributed by atoms with Gasteiger partial charge in [-0.1, -0.05) is 12.2 Å². The van der Waals surface area contributed by atoms with E-state index in [1.807, 2.05) is 6.08 Å². The van der Waals surface area contributed by atoms with Crippen LogP contribution >= 0.6 is 0 Å². The molecule has 68 valence electrons. The Bertz CT molecular complexity index is 187. The van der Waals surface area contributed by atoms with E-state index in [-0.39, 0.29) is 11.8 Å². The lowest BCUT2D eigenvalue weighted by molar-refractivity contribution is -0.129. The Balaban J connectivity index is 2.35. The molecule has 1 amide bonds. The number of nitrogens with zero attached hydrogens (tertiary/aromatic N) is 1. The summed E-state index contributed by atoms with van der Waals surface area (Å²) in [7, 11) is 3.55. The van der Waals surface area contributed by atoms with Crippen LogP contribution in [0.2, 0.25) is 0 Å². The summed E-state index contributed by atoms with van der Waals surface area (Å²) in [5.41, 5.74) is 0. The zero-order valence-electron chi connectivity index (χ0n) is 7.62. The molecule has 3 nitrogen and oxygen atoms in total.